The van der Waals surface area contributed by atoms with Crippen molar-refractivity contribution in [2.45, 2.75) is 55.9 Å². The molecule has 8 rings (SSSR count). The Kier molecular flexibility index (Phi) is 5.02. The predicted molar refractivity (Wildman–Crippen MR) is 159 cm³/mol. The molecule has 5 aromatic rings. The van der Waals surface area contributed by atoms with Crippen LogP contribution in [0.2, 0.25) is 0 Å². The van der Waals surface area contributed by atoms with Crippen molar-refractivity contribution in [3.05, 3.63) is 132 Å². The average molecular weight is 492 g/mol. The van der Waals surface area contributed by atoms with Crippen LogP contribution in [0.1, 0.15) is 61.1 Å². The predicted octanol–water partition coefficient (Wildman–Crippen LogP) is 9.76. The van der Waals surface area contributed by atoms with Gasteiger partial charge in [-0.3, -0.25) is 0 Å². The first-order chi connectivity index (χ1) is 18.8. The Morgan fingerprint density at radius 3 is 1.87 bits per heavy atom. The van der Waals surface area contributed by atoms with Gasteiger partial charge >= 0.3 is 0 Å². The standard InChI is InChI=1S/C37H33N/c1-3-11-29(12-4-1)38(30-13-5-2-6-14-30)31-20-17-26(18-21-31)28-19-22-32-33-15-7-9-27-10-8-16-34(36(27)33)37(23-24-37)35(32)25-28/h1-16,19,22,25-26,31H,17-18,20-21,23-24H2. The van der Waals surface area contributed by atoms with Crippen LogP contribution < -0.4 is 4.90 Å². The van der Waals surface area contributed by atoms with Crippen molar-refractivity contribution in [3.63, 3.8) is 0 Å². The van der Waals surface area contributed by atoms with Gasteiger partial charge in [-0.05, 0) is 107 Å². The number of nitrogens with zero attached hydrogens (tertiary/aromatic N) is 1. The number of fused-ring (bicyclic) bond motifs is 4. The lowest BCUT2D eigenvalue weighted by Crippen LogP contribution is -2.34. The lowest BCUT2D eigenvalue weighted by Gasteiger charge is -2.39. The molecule has 38 heavy (non-hydrogen) atoms. The summed E-state index contributed by atoms with van der Waals surface area (Å²) in [5.41, 5.74) is 10.5. The van der Waals surface area contributed by atoms with Crippen molar-refractivity contribution in [2.24, 2.45) is 0 Å². The van der Waals surface area contributed by atoms with E-state index in [2.05, 4.69) is 120 Å². The zero-order valence-corrected chi connectivity index (χ0v) is 21.8. The SMILES string of the molecule is c1ccc(N(c2ccccc2)C2CCC(c3ccc4c(c3)C3(CC3)c3cccc5cccc-4c35)CC2)cc1. The number of hydrogen-bond acceptors (Lipinski definition) is 1. The van der Waals surface area contributed by atoms with E-state index in [0.717, 1.165) is 0 Å². The molecule has 0 heterocycles. The van der Waals surface area contributed by atoms with Gasteiger partial charge in [-0.1, -0.05) is 91.0 Å². The van der Waals surface area contributed by atoms with E-state index in [1.807, 2.05) is 0 Å². The fourth-order valence-corrected chi connectivity index (χ4v) is 7.63. The number of benzene rings is 5. The highest BCUT2D eigenvalue weighted by Crippen LogP contribution is 2.61. The lowest BCUT2D eigenvalue weighted by atomic mass is 9.72. The number of para-hydroxylation sites is 2. The van der Waals surface area contributed by atoms with Crippen LogP contribution in [0.25, 0.3) is 21.9 Å². The van der Waals surface area contributed by atoms with Gasteiger partial charge in [-0.25, -0.2) is 0 Å². The maximum Gasteiger partial charge on any atom is 0.0413 e. The topological polar surface area (TPSA) is 3.24 Å². The Hall–Kier alpha value is -3.84. The fraction of sp³-hybridized carbons (Fsp3) is 0.243. The van der Waals surface area contributed by atoms with E-state index in [1.165, 1.54) is 71.8 Å². The van der Waals surface area contributed by atoms with Gasteiger partial charge in [0.2, 0.25) is 0 Å². The van der Waals surface area contributed by atoms with Crippen molar-refractivity contribution in [1.29, 1.82) is 0 Å². The molecule has 0 N–H and O–H groups in total. The molecule has 1 nitrogen and oxygen atoms in total. The minimum Gasteiger partial charge on any atom is -0.338 e. The maximum atomic E-state index is 2.62. The highest BCUT2D eigenvalue weighted by atomic mass is 15.2. The quantitative estimate of drug-likeness (QED) is 0.242. The second kappa shape index (κ2) is 8.60. The summed E-state index contributed by atoms with van der Waals surface area (Å²) in [6.07, 6.45) is 7.51. The van der Waals surface area contributed by atoms with Gasteiger partial charge in [0.15, 0.2) is 0 Å². The van der Waals surface area contributed by atoms with Crippen LogP contribution in [0.5, 0.6) is 0 Å². The molecule has 2 fully saturated rings. The number of hydrogen-bond donors (Lipinski definition) is 0. The summed E-state index contributed by atoms with van der Waals surface area (Å²) in [7, 11) is 0. The Morgan fingerprint density at radius 2 is 1.21 bits per heavy atom. The Bertz CT molecular complexity index is 1580. The van der Waals surface area contributed by atoms with Crippen molar-refractivity contribution < 1.29 is 0 Å². The third-order valence-electron chi connectivity index (χ3n) is 9.62. The smallest absolute Gasteiger partial charge is 0.0413 e. The molecule has 3 aliphatic carbocycles. The molecule has 0 amide bonds. The molecule has 0 unspecified atom stereocenters. The first-order valence-electron chi connectivity index (χ1n) is 14.4. The first-order valence-corrected chi connectivity index (χ1v) is 14.4. The van der Waals surface area contributed by atoms with Crippen LogP contribution >= 0.6 is 0 Å². The van der Waals surface area contributed by atoms with Gasteiger partial charge in [0.25, 0.3) is 0 Å². The van der Waals surface area contributed by atoms with E-state index in [4.69, 9.17) is 0 Å². The van der Waals surface area contributed by atoms with E-state index in [0.29, 0.717) is 12.0 Å². The largest absolute Gasteiger partial charge is 0.338 e. The Labute approximate surface area is 225 Å². The maximum absolute atomic E-state index is 2.62. The molecule has 186 valence electrons. The van der Waals surface area contributed by atoms with Crippen molar-refractivity contribution in [1.82, 2.24) is 0 Å². The normalized spacial score (nSPS) is 20.7. The van der Waals surface area contributed by atoms with Crippen LogP contribution in [0.15, 0.2) is 115 Å². The van der Waals surface area contributed by atoms with Crippen molar-refractivity contribution >= 4 is 22.1 Å². The number of anilines is 2. The summed E-state index contributed by atoms with van der Waals surface area (Å²) in [4.78, 5) is 2.58. The summed E-state index contributed by atoms with van der Waals surface area (Å²) in [5, 5.41) is 2.89. The molecular weight excluding hydrogens is 458 g/mol. The zero-order chi connectivity index (χ0) is 25.1. The molecule has 3 aliphatic rings. The highest BCUT2D eigenvalue weighted by molar-refractivity contribution is 6.03. The molecule has 0 bridgehead atoms. The van der Waals surface area contributed by atoms with Gasteiger partial charge in [0, 0.05) is 22.8 Å². The molecule has 1 heteroatoms. The molecule has 0 atom stereocenters. The fourth-order valence-electron chi connectivity index (χ4n) is 7.63. The van der Waals surface area contributed by atoms with Crippen LogP contribution in [0, 0.1) is 0 Å². The van der Waals surface area contributed by atoms with E-state index in [-0.39, 0.29) is 5.41 Å². The van der Waals surface area contributed by atoms with Gasteiger partial charge in [-0.2, -0.15) is 0 Å². The molecular formula is C37H33N. The summed E-state index contributed by atoms with van der Waals surface area (Å²) < 4.78 is 0. The van der Waals surface area contributed by atoms with Crippen LogP contribution in [-0.4, -0.2) is 6.04 Å². The lowest BCUT2D eigenvalue weighted by molar-refractivity contribution is 0.391. The van der Waals surface area contributed by atoms with Gasteiger partial charge in [-0.15, -0.1) is 0 Å². The molecule has 0 radical (unpaired) electrons. The molecule has 0 saturated heterocycles. The molecule has 0 aliphatic heterocycles. The van der Waals surface area contributed by atoms with Gasteiger partial charge in [0.1, 0.15) is 0 Å². The van der Waals surface area contributed by atoms with Crippen molar-refractivity contribution in [2.75, 3.05) is 4.90 Å². The van der Waals surface area contributed by atoms with Crippen molar-refractivity contribution in [3.8, 4) is 11.1 Å². The van der Waals surface area contributed by atoms with E-state index < -0.39 is 0 Å². The molecule has 5 aromatic carbocycles. The number of rotatable bonds is 4. The third kappa shape index (κ3) is 3.38. The monoisotopic (exact) mass is 491 g/mol. The minimum atomic E-state index is 0.244. The summed E-state index contributed by atoms with van der Waals surface area (Å²) >= 11 is 0. The van der Waals surface area contributed by atoms with E-state index >= 15 is 0 Å². The summed E-state index contributed by atoms with van der Waals surface area (Å²) in [6.45, 7) is 0. The van der Waals surface area contributed by atoms with Crippen LogP contribution in [0.4, 0.5) is 11.4 Å². The molecule has 1 spiro atoms. The van der Waals surface area contributed by atoms with E-state index in [1.54, 1.807) is 16.7 Å². The highest BCUT2D eigenvalue weighted by Gasteiger charge is 2.50. The zero-order valence-electron chi connectivity index (χ0n) is 21.8. The van der Waals surface area contributed by atoms with Gasteiger partial charge < -0.3 is 4.90 Å². The Balaban J connectivity index is 1.10. The second-order valence-corrected chi connectivity index (χ2v) is 11.6. The summed E-state index contributed by atoms with van der Waals surface area (Å²) in [5.74, 6) is 0.647. The Morgan fingerprint density at radius 1 is 0.553 bits per heavy atom. The summed E-state index contributed by atoms with van der Waals surface area (Å²) in [6, 6.07) is 43.8. The molecule has 2 saturated carbocycles. The van der Waals surface area contributed by atoms with Crippen LogP contribution in [-0.2, 0) is 5.41 Å². The van der Waals surface area contributed by atoms with E-state index in [9.17, 15) is 0 Å². The second-order valence-electron chi connectivity index (χ2n) is 11.6. The van der Waals surface area contributed by atoms with Crippen LogP contribution in [0.3, 0.4) is 0 Å². The average Bonchev–Trinajstić information content (AvgIpc) is 3.79. The minimum absolute atomic E-state index is 0.244. The van der Waals surface area contributed by atoms with Gasteiger partial charge in [0.05, 0.1) is 0 Å². The third-order valence-corrected chi connectivity index (χ3v) is 9.62. The first kappa shape index (κ1) is 22.2. The molecule has 0 aromatic heterocycles.